The molecule has 1 fully saturated rings. The van der Waals surface area contributed by atoms with Crippen molar-refractivity contribution in [3.05, 3.63) is 0 Å². The van der Waals surface area contributed by atoms with Gasteiger partial charge in [0.05, 0.1) is 0 Å². The number of aliphatic carboxylic acids is 1. The van der Waals surface area contributed by atoms with E-state index in [2.05, 4.69) is 6.92 Å². The van der Waals surface area contributed by atoms with E-state index in [0.717, 1.165) is 18.8 Å². The Morgan fingerprint density at radius 1 is 1.27 bits per heavy atom. The Balaban J connectivity index is 2.60. The Bertz CT molecular complexity index is 230. The van der Waals surface area contributed by atoms with Crippen molar-refractivity contribution in [3.8, 4) is 0 Å². The monoisotopic (exact) mass is 213 g/mol. The molecule has 1 aliphatic carbocycles. The van der Waals surface area contributed by atoms with Crippen LogP contribution in [0.3, 0.4) is 0 Å². The molecule has 0 saturated heterocycles. The summed E-state index contributed by atoms with van der Waals surface area (Å²) in [6, 6.07) is 0.437. The molecular weight excluding hydrogens is 190 g/mol. The fourth-order valence-corrected chi connectivity index (χ4v) is 2.24. The molecule has 0 atom stereocenters. The first-order chi connectivity index (χ1) is 6.85. The molecule has 0 amide bonds. The Labute approximate surface area is 92.5 Å². The number of carbonyl (C=O) groups is 1. The van der Waals surface area contributed by atoms with Crippen molar-refractivity contribution in [2.24, 2.45) is 5.92 Å². The van der Waals surface area contributed by atoms with E-state index in [-0.39, 0.29) is 0 Å². The van der Waals surface area contributed by atoms with Gasteiger partial charge in [0.15, 0.2) is 0 Å². The predicted octanol–water partition coefficient (Wildman–Crippen LogP) is 2.36. The maximum absolute atomic E-state index is 11.1. The zero-order valence-electron chi connectivity index (χ0n) is 10.3. The van der Waals surface area contributed by atoms with E-state index in [4.69, 9.17) is 5.11 Å². The zero-order chi connectivity index (χ0) is 11.6. The largest absolute Gasteiger partial charge is 0.480 e. The van der Waals surface area contributed by atoms with Crippen LogP contribution in [0.1, 0.15) is 46.5 Å². The number of carboxylic acid groups (broad SMARTS) is 1. The number of hydrogen-bond acceptors (Lipinski definition) is 2. The maximum Gasteiger partial charge on any atom is 0.323 e. The molecule has 88 valence electrons. The minimum absolute atomic E-state index is 0.437. The lowest BCUT2D eigenvalue weighted by Gasteiger charge is -2.41. The molecular formula is C12H23NO2. The number of rotatable bonds is 3. The second-order valence-corrected chi connectivity index (χ2v) is 5.39. The van der Waals surface area contributed by atoms with Crippen molar-refractivity contribution in [2.75, 3.05) is 7.05 Å². The standard InChI is InChI=1S/C12H23NO2/c1-9-5-7-10(8-6-9)13(4)12(2,3)11(14)15/h9-10H,5-8H2,1-4H3,(H,14,15). The summed E-state index contributed by atoms with van der Waals surface area (Å²) in [6.45, 7) is 5.85. The third-order valence-electron chi connectivity index (χ3n) is 3.94. The van der Waals surface area contributed by atoms with Crippen molar-refractivity contribution >= 4 is 5.97 Å². The fraction of sp³-hybridized carbons (Fsp3) is 0.917. The molecule has 15 heavy (non-hydrogen) atoms. The highest BCUT2D eigenvalue weighted by Gasteiger charge is 2.37. The van der Waals surface area contributed by atoms with E-state index < -0.39 is 11.5 Å². The van der Waals surface area contributed by atoms with Crippen LogP contribution in [0.15, 0.2) is 0 Å². The molecule has 0 bridgehead atoms. The lowest BCUT2D eigenvalue weighted by Crippen LogP contribution is -2.53. The topological polar surface area (TPSA) is 40.5 Å². The number of nitrogens with zero attached hydrogens (tertiary/aromatic N) is 1. The normalized spacial score (nSPS) is 28.1. The Morgan fingerprint density at radius 2 is 1.73 bits per heavy atom. The second kappa shape index (κ2) is 4.52. The maximum atomic E-state index is 11.1. The molecule has 0 aromatic rings. The smallest absolute Gasteiger partial charge is 0.323 e. The Kier molecular flexibility index (Phi) is 3.77. The summed E-state index contributed by atoms with van der Waals surface area (Å²) in [5.41, 5.74) is -0.745. The second-order valence-electron chi connectivity index (χ2n) is 5.39. The molecule has 3 heteroatoms. The number of likely N-dealkylation sites (N-methyl/N-ethyl adjacent to an activating group) is 1. The summed E-state index contributed by atoms with van der Waals surface area (Å²) in [5.74, 6) is 0.0752. The van der Waals surface area contributed by atoms with Crippen molar-refractivity contribution in [2.45, 2.75) is 58.0 Å². The van der Waals surface area contributed by atoms with Crippen molar-refractivity contribution < 1.29 is 9.90 Å². The first-order valence-electron chi connectivity index (χ1n) is 5.82. The van der Waals surface area contributed by atoms with Crippen molar-refractivity contribution in [1.82, 2.24) is 4.90 Å². The van der Waals surface area contributed by atoms with Crippen LogP contribution in [0.25, 0.3) is 0 Å². The molecule has 0 aromatic heterocycles. The van der Waals surface area contributed by atoms with Gasteiger partial charge in [0, 0.05) is 6.04 Å². The number of hydrogen-bond donors (Lipinski definition) is 1. The SMILES string of the molecule is CC1CCC(N(C)C(C)(C)C(=O)O)CC1. The van der Waals surface area contributed by atoms with Crippen LogP contribution in [0, 0.1) is 5.92 Å². The quantitative estimate of drug-likeness (QED) is 0.782. The molecule has 0 aromatic carbocycles. The summed E-state index contributed by atoms with van der Waals surface area (Å²) < 4.78 is 0. The van der Waals surface area contributed by atoms with Gasteiger partial charge in [0.25, 0.3) is 0 Å². The molecule has 0 spiro atoms. The van der Waals surface area contributed by atoms with Gasteiger partial charge in [-0.25, -0.2) is 0 Å². The van der Waals surface area contributed by atoms with E-state index >= 15 is 0 Å². The summed E-state index contributed by atoms with van der Waals surface area (Å²) in [4.78, 5) is 13.2. The van der Waals surface area contributed by atoms with Crippen LogP contribution in [0.4, 0.5) is 0 Å². The van der Waals surface area contributed by atoms with Crippen molar-refractivity contribution in [3.63, 3.8) is 0 Å². The van der Waals surface area contributed by atoms with Gasteiger partial charge in [-0.2, -0.15) is 0 Å². The van der Waals surface area contributed by atoms with Crippen LogP contribution in [0.2, 0.25) is 0 Å². The minimum Gasteiger partial charge on any atom is -0.480 e. The van der Waals surface area contributed by atoms with Gasteiger partial charge in [-0.05, 0) is 52.5 Å². The van der Waals surface area contributed by atoms with Crippen molar-refractivity contribution in [1.29, 1.82) is 0 Å². The molecule has 0 unspecified atom stereocenters. The highest BCUT2D eigenvalue weighted by molar-refractivity contribution is 5.77. The Hall–Kier alpha value is -0.570. The zero-order valence-corrected chi connectivity index (χ0v) is 10.3. The van der Waals surface area contributed by atoms with Crippen LogP contribution in [-0.2, 0) is 4.79 Å². The average molecular weight is 213 g/mol. The van der Waals surface area contributed by atoms with Crippen LogP contribution in [0.5, 0.6) is 0 Å². The highest BCUT2D eigenvalue weighted by atomic mass is 16.4. The first-order valence-corrected chi connectivity index (χ1v) is 5.82. The van der Waals surface area contributed by atoms with Crippen LogP contribution < -0.4 is 0 Å². The molecule has 3 nitrogen and oxygen atoms in total. The minimum atomic E-state index is -0.745. The van der Waals surface area contributed by atoms with Gasteiger partial charge < -0.3 is 5.11 Å². The third-order valence-corrected chi connectivity index (χ3v) is 3.94. The van der Waals surface area contributed by atoms with Crippen LogP contribution >= 0.6 is 0 Å². The van der Waals surface area contributed by atoms with E-state index in [1.807, 2.05) is 11.9 Å². The summed E-state index contributed by atoms with van der Waals surface area (Å²) in [6.07, 6.45) is 4.72. The van der Waals surface area contributed by atoms with Gasteiger partial charge >= 0.3 is 5.97 Å². The summed E-state index contributed by atoms with van der Waals surface area (Å²) in [7, 11) is 1.94. The molecule has 1 rings (SSSR count). The molecule has 1 N–H and O–H groups in total. The molecule has 0 heterocycles. The summed E-state index contributed by atoms with van der Waals surface area (Å²) >= 11 is 0. The van der Waals surface area contributed by atoms with E-state index in [0.29, 0.717) is 6.04 Å². The van der Waals surface area contributed by atoms with Gasteiger partial charge in [-0.15, -0.1) is 0 Å². The third kappa shape index (κ3) is 2.71. The first kappa shape index (κ1) is 12.5. The van der Waals surface area contributed by atoms with E-state index in [1.165, 1.54) is 12.8 Å². The lowest BCUT2D eigenvalue weighted by molar-refractivity contribution is -0.150. The molecule has 1 saturated carbocycles. The van der Waals surface area contributed by atoms with E-state index in [9.17, 15) is 4.79 Å². The number of carboxylic acids is 1. The van der Waals surface area contributed by atoms with Gasteiger partial charge in [-0.1, -0.05) is 6.92 Å². The average Bonchev–Trinajstić information content (AvgIpc) is 2.17. The molecule has 0 radical (unpaired) electrons. The Morgan fingerprint density at radius 3 is 2.13 bits per heavy atom. The van der Waals surface area contributed by atoms with Gasteiger partial charge in [0.2, 0.25) is 0 Å². The highest BCUT2D eigenvalue weighted by Crippen LogP contribution is 2.29. The summed E-state index contributed by atoms with van der Waals surface area (Å²) in [5, 5.41) is 9.15. The fourth-order valence-electron chi connectivity index (χ4n) is 2.24. The van der Waals surface area contributed by atoms with E-state index in [1.54, 1.807) is 13.8 Å². The molecule has 0 aliphatic heterocycles. The van der Waals surface area contributed by atoms with Gasteiger partial charge in [0.1, 0.15) is 5.54 Å². The van der Waals surface area contributed by atoms with Gasteiger partial charge in [-0.3, -0.25) is 9.69 Å². The lowest BCUT2D eigenvalue weighted by atomic mass is 9.85. The predicted molar refractivity (Wildman–Crippen MR) is 60.9 cm³/mol. The van der Waals surface area contributed by atoms with Crippen LogP contribution in [-0.4, -0.2) is 34.6 Å². The molecule has 1 aliphatic rings.